The highest BCUT2D eigenvalue weighted by molar-refractivity contribution is 6.12. The zero-order chi connectivity index (χ0) is 26.6. The van der Waals surface area contributed by atoms with Crippen molar-refractivity contribution in [2.75, 3.05) is 17.2 Å². The summed E-state index contributed by atoms with van der Waals surface area (Å²) in [5.41, 5.74) is 5.20. The molecule has 0 saturated heterocycles. The fourth-order valence-corrected chi connectivity index (χ4v) is 6.01. The van der Waals surface area contributed by atoms with Crippen molar-refractivity contribution in [2.45, 2.75) is 64.5 Å². The second kappa shape index (κ2) is 9.11. The van der Waals surface area contributed by atoms with E-state index in [0.717, 1.165) is 34.5 Å². The number of aryl methyl sites for hydroxylation is 1. The summed E-state index contributed by atoms with van der Waals surface area (Å²) in [5.74, 6) is 0.567. The van der Waals surface area contributed by atoms with Gasteiger partial charge in [-0.15, -0.1) is 0 Å². The van der Waals surface area contributed by atoms with Crippen LogP contribution in [0.5, 0.6) is 0 Å². The van der Waals surface area contributed by atoms with E-state index < -0.39 is 5.41 Å². The molecule has 1 fully saturated rings. The van der Waals surface area contributed by atoms with Crippen molar-refractivity contribution < 1.29 is 14.4 Å². The van der Waals surface area contributed by atoms with Gasteiger partial charge in [0.15, 0.2) is 0 Å². The zero-order valence-corrected chi connectivity index (χ0v) is 22.1. The quantitative estimate of drug-likeness (QED) is 0.523. The predicted molar refractivity (Wildman–Crippen MR) is 145 cm³/mol. The summed E-state index contributed by atoms with van der Waals surface area (Å²) >= 11 is 0. The van der Waals surface area contributed by atoms with Crippen LogP contribution < -0.4 is 10.6 Å². The Balaban J connectivity index is 1.13. The fourth-order valence-electron chi connectivity index (χ4n) is 6.01. The van der Waals surface area contributed by atoms with Gasteiger partial charge in [0.1, 0.15) is 5.82 Å². The van der Waals surface area contributed by atoms with Gasteiger partial charge in [-0.2, -0.15) is 5.10 Å². The normalized spacial score (nSPS) is 21.3. The summed E-state index contributed by atoms with van der Waals surface area (Å²) in [6.07, 6.45) is 1.57. The molecule has 3 amide bonds. The Hall–Kier alpha value is -3.94. The van der Waals surface area contributed by atoms with Gasteiger partial charge < -0.3 is 15.5 Å². The molecule has 3 aliphatic rings. The minimum absolute atomic E-state index is 0.0411. The first-order valence-electron chi connectivity index (χ1n) is 13.5. The van der Waals surface area contributed by atoms with E-state index in [1.807, 2.05) is 59.0 Å². The summed E-state index contributed by atoms with van der Waals surface area (Å²) in [6.45, 7) is 7.99. The standard InChI is InChI=1S/C30H33N5O3/c1-4-35-26(15-25(33-35)18(2)3)32-27(36)14-19-9-10-20-11-12-34(17-21(20)13-19)28(37)23-16-30(23)22-7-5-6-8-24(22)31-29(30)38/h5-10,13,15,18,23H,4,11-12,14,16-17H2,1-3H3,(H,31,38)(H,32,36)/t23?,30-/m0/s1. The number of benzene rings is 2. The Morgan fingerprint density at radius 1 is 1.16 bits per heavy atom. The number of aromatic nitrogens is 2. The number of hydrogen-bond donors (Lipinski definition) is 2. The Morgan fingerprint density at radius 3 is 2.76 bits per heavy atom. The number of carbonyl (C=O) groups is 3. The van der Waals surface area contributed by atoms with Crippen LogP contribution in [-0.4, -0.2) is 38.9 Å². The van der Waals surface area contributed by atoms with Crippen molar-refractivity contribution in [1.29, 1.82) is 0 Å². The molecule has 1 spiro atoms. The monoisotopic (exact) mass is 511 g/mol. The topological polar surface area (TPSA) is 96.3 Å². The van der Waals surface area contributed by atoms with Crippen LogP contribution in [0, 0.1) is 5.92 Å². The minimum atomic E-state index is -0.714. The van der Waals surface area contributed by atoms with E-state index >= 15 is 0 Å². The zero-order valence-electron chi connectivity index (χ0n) is 22.1. The molecule has 1 aliphatic carbocycles. The molecular formula is C30H33N5O3. The van der Waals surface area contributed by atoms with Gasteiger partial charge in [0, 0.05) is 31.4 Å². The number of carbonyl (C=O) groups excluding carboxylic acids is 3. The SMILES string of the molecule is CCn1nc(C(C)C)cc1NC(=O)Cc1ccc2c(c1)CN(C(=O)C1C[C@@]13C(=O)Nc1ccccc13)CC2. The van der Waals surface area contributed by atoms with E-state index in [9.17, 15) is 14.4 Å². The Morgan fingerprint density at radius 2 is 1.97 bits per heavy atom. The largest absolute Gasteiger partial charge is 0.338 e. The molecule has 196 valence electrons. The van der Waals surface area contributed by atoms with Gasteiger partial charge in [-0.3, -0.25) is 14.4 Å². The van der Waals surface area contributed by atoms with Crippen molar-refractivity contribution in [1.82, 2.24) is 14.7 Å². The van der Waals surface area contributed by atoms with Gasteiger partial charge in [0.25, 0.3) is 0 Å². The Labute approximate surface area is 222 Å². The smallest absolute Gasteiger partial charge is 0.235 e. The van der Waals surface area contributed by atoms with E-state index in [-0.39, 0.29) is 36.0 Å². The molecule has 38 heavy (non-hydrogen) atoms. The highest BCUT2D eigenvalue weighted by Crippen LogP contribution is 2.60. The van der Waals surface area contributed by atoms with Crippen molar-refractivity contribution in [3.8, 4) is 0 Å². The van der Waals surface area contributed by atoms with Crippen LogP contribution in [-0.2, 0) is 45.7 Å². The predicted octanol–water partition coefficient (Wildman–Crippen LogP) is 4.00. The van der Waals surface area contributed by atoms with Crippen LogP contribution in [0.1, 0.15) is 61.1 Å². The number of para-hydroxylation sites is 1. The summed E-state index contributed by atoms with van der Waals surface area (Å²) < 4.78 is 1.82. The Bertz CT molecular complexity index is 1460. The molecule has 0 radical (unpaired) electrons. The molecule has 8 heteroatoms. The van der Waals surface area contributed by atoms with Crippen LogP contribution >= 0.6 is 0 Å². The van der Waals surface area contributed by atoms with Gasteiger partial charge >= 0.3 is 0 Å². The molecule has 3 heterocycles. The average Bonchev–Trinajstić information content (AvgIpc) is 3.43. The van der Waals surface area contributed by atoms with Crippen LogP contribution in [0.2, 0.25) is 0 Å². The number of hydrogen-bond acceptors (Lipinski definition) is 4. The molecule has 3 aromatic rings. The van der Waals surface area contributed by atoms with Crippen LogP contribution in [0.4, 0.5) is 11.5 Å². The lowest BCUT2D eigenvalue weighted by molar-refractivity contribution is -0.135. The number of rotatable bonds is 6. The van der Waals surface area contributed by atoms with Gasteiger partial charge in [0.05, 0.1) is 23.4 Å². The number of anilines is 2. The van der Waals surface area contributed by atoms with E-state index in [1.54, 1.807) is 0 Å². The van der Waals surface area contributed by atoms with E-state index in [2.05, 4.69) is 35.6 Å². The van der Waals surface area contributed by atoms with Crippen molar-refractivity contribution >= 4 is 29.2 Å². The molecule has 2 N–H and O–H groups in total. The van der Waals surface area contributed by atoms with Gasteiger partial charge in [-0.25, -0.2) is 4.68 Å². The van der Waals surface area contributed by atoms with E-state index in [1.165, 1.54) is 5.56 Å². The molecule has 2 aromatic carbocycles. The summed E-state index contributed by atoms with van der Waals surface area (Å²) in [4.78, 5) is 41.1. The van der Waals surface area contributed by atoms with Crippen LogP contribution in [0.15, 0.2) is 48.5 Å². The maximum Gasteiger partial charge on any atom is 0.235 e. The average molecular weight is 512 g/mol. The van der Waals surface area contributed by atoms with Crippen LogP contribution in [0.3, 0.4) is 0 Å². The second-order valence-electron chi connectivity index (χ2n) is 11.0. The van der Waals surface area contributed by atoms with E-state index in [4.69, 9.17) is 0 Å². The first-order valence-corrected chi connectivity index (χ1v) is 13.5. The summed E-state index contributed by atoms with van der Waals surface area (Å²) in [5, 5.41) is 10.5. The number of nitrogens with one attached hydrogen (secondary N) is 2. The van der Waals surface area contributed by atoms with Gasteiger partial charge in [0.2, 0.25) is 17.7 Å². The molecule has 6 rings (SSSR count). The van der Waals surface area contributed by atoms with E-state index in [0.29, 0.717) is 31.9 Å². The fraction of sp³-hybridized carbons (Fsp3) is 0.400. The summed E-state index contributed by atoms with van der Waals surface area (Å²) in [7, 11) is 0. The lowest BCUT2D eigenvalue weighted by Gasteiger charge is -2.30. The third-order valence-corrected chi connectivity index (χ3v) is 8.24. The third-order valence-electron chi connectivity index (χ3n) is 8.24. The molecule has 8 nitrogen and oxygen atoms in total. The molecular weight excluding hydrogens is 478 g/mol. The first kappa shape index (κ1) is 24.4. The Kier molecular flexibility index (Phi) is 5.85. The second-order valence-corrected chi connectivity index (χ2v) is 11.0. The number of amides is 3. The maximum absolute atomic E-state index is 13.5. The summed E-state index contributed by atoms with van der Waals surface area (Å²) in [6, 6.07) is 15.7. The molecule has 1 aromatic heterocycles. The lowest BCUT2D eigenvalue weighted by Crippen LogP contribution is -2.39. The van der Waals surface area contributed by atoms with Gasteiger partial charge in [-0.1, -0.05) is 50.2 Å². The first-order chi connectivity index (χ1) is 18.3. The molecule has 2 atom stereocenters. The molecule has 2 aliphatic heterocycles. The number of fused-ring (bicyclic) bond motifs is 3. The molecule has 1 unspecified atom stereocenters. The highest BCUT2D eigenvalue weighted by atomic mass is 16.2. The van der Waals surface area contributed by atoms with Gasteiger partial charge in [-0.05, 0) is 54.0 Å². The molecule has 0 bridgehead atoms. The minimum Gasteiger partial charge on any atom is -0.338 e. The van der Waals surface area contributed by atoms with Crippen molar-refractivity contribution in [2.24, 2.45) is 5.92 Å². The molecule has 1 saturated carbocycles. The third kappa shape index (κ3) is 3.99. The highest BCUT2D eigenvalue weighted by Gasteiger charge is 2.68. The van der Waals surface area contributed by atoms with Crippen molar-refractivity contribution in [3.63, 3.8) is 0 Å². The maximum atomic E-state index is 13.5. The lowest BCUT2D eigenvalue weighted by atomic mass is 9.93. The number of nitrogens with zero attached hydrogens (tertiary/aromatic N) is 3. The van der Waals surface area contributed by atoms with Crippen LogP contribution in [0.25, 0.3) is 0 Å². The van der Waals surface area contributed by atoms with Crippen molar-refractivity contribution in [3.05, 3.63) is 76.5 Å².